The van der Waals surface area contributed by atoms with Crippen molar-refractivity contribution in [1.82, 2.24) is 19.9 Å². The maximum absolute atomic E-state index is 3.99. The van der Waals surface area contributed by atoms with Gasteiger partial charge in [0.05, 0.1) is 9.98 Å². The van der Waals surface area contributed by atoms with E-state index in [-0.39, 0.29) is 0 Å². The Kier molecular flexibility index (Phi) is 3.90. The molecule has 0 aromatic carbocycles. The summed E-state index contributed by atoms with van der Waals surface area (Å²) in [6.07, 6.45) is 6.31. The predicted octanol–water partition coefficient (Wildman–Crippen LogP) is 2.93. The first-order chi connectivity index (χ1) is 7.86. The summed E-state index contributed by atoms with van der Waals surface area (Å²) in [5, 5.41) is 2.03. The molecule has 0 aliphatic heterocycles. The van der Waals surface area contributed by atoms with E-state index in [0.29, 0.717) is 5.65 Å². The van der Waals surface area contributed by atoms with Gasteiger partial charge in [0.2, 0.25) is 0 Å². The smallest absolute Gasteiger partial charge is 0.181 e. The molecule has 3 heterocycles. The summed E-state index contributed by atoms with van der Waals surface area (Å²) in [4.78, 5) is 15.7. The molecule has 3 rings (SSSR count). The summed E-state index contributed by atoms with van der Waals surface area (Å²) in [6, 6.07) is 4.03. The van der Waals surface area contributed by atoms with E-state index >= 15 is 0 Å². The van der Waals surface area contributed by atoms with Crippen molar-refractivity contribution in [2.75, 3.05) is 0 Å². The Balaban J connectivity index is 0.000000138. The van der Waals surface area contributed by atoms with Crippen LogP contribution in [0.3, 0.4) is 0 Å². The fraction of sp³-hybridized carbons (Fsp3) is 0. The lowest BCUT2D eigenvalue weighted by molar-refractivity contribution is 1.15. The maximum atomic E-state index is 3.99. The minimum atomic E-state index is 0.637. The molecule has 0 aliphatic rings. The molecular weight excluding hydrogens is 288 g/mol. The summed E-state index contributed by atoms with van der Waals surface area (Å²) in [5.41, 5.74) is 1.36. The third kappa shape index (κ3) is 3.04. The zero-order chi connectivity index (χ0) is 11.2. The Bertz CT molecular complexity index is 490. The highest BCUT2D eigenvalue weighted by atomic mass is 79.9. The molecule has 6 heteroatoms. The minimum absolute atomic E-state index is 0.637. The van der Waals surface area contributed by atoms with Crippen LogP contribution in [0.4, 0.5) is 0 Å². The van der Waals surface area contributed by atoms with E-state index in [9.17, 15) is 0 Å². The standard InChI is InChI=1S/C6H4N4.C4H3BrS/c1-2-9-6-5(8-1)3-7-4-10-6;5-4-2-1-3-6-4/h1-4H;1-3H. The van der Waals surface area contributed by atoms with Crippen molar-refractivity contribution >= 4 is 38.4 Å². The fourth-order valence-electron chi connectivity index (χ4n) is 0.982. The van der Waals surface area contributed by atoms with Crippen LogP contribution in [-0.4, -0.2) is 19.9 Å². The molecule has 0 radical (unpaired) electrons. The van der Waals surface area contributed by atoms with Crippen molar-refractivity contribution in [2.45, 2.75) is 0 Å². The van der Waals surface area contributed by atoms with E-state index in [4.69, 9.17) is 0 Å². The summed E-state index contributed by atoms with van der Waals surface area (Å²) in [6.45, 7) is 0. The Morgan fingerprint density at radius 3 is 2.62 bits per heavy atom. The van der Waals surface area contributed by atoms with Gasteiger partial charge in [0, 0.05) is 12.4 Å². The number of hydrogen-bond donors (Lipinski definition) is 0. The summed E-state index contributed by atoms with van der Waals surface area (Å²) in [7, 11) is 0. The van der Waals surface area contributed by atoms with Gasteiger partial charge in [-0.2, -0.15) is 0 Å². The van der Waals surface area contributed by atoms with Crippen LogP contribution in [0.1, 0.15) is 0 Å². The summed E-state index contributed by atoms with van der Waals surface area (Å²) < 4.78 is 1.20. The molecule has 0 aliphatic carbocycles. The largest absolute Gasteiger partial charge is 0.250 e. The number of rotatable bonds is 0. The quantitative estimate of drug-likeness (QED) is 0.640. The number of hydrogen-bond acceptors (Lipinski definition) is 5. The van der Waals surface area contributed by atoms with Crippen molar-refractivity contribution in [3.05, 3.63) is 46.2 Å². The first kappa shape index (κ1) is 11.1. The lowest BCUT2D eigenvalue weighted by atomic mass is 10.5. The number of thiophene rings is 1. The number of aromatic nitrogens is 4. The van der Waals surface area contributed by atoms with Gasteiger partial charge in [-0.1, -0.05) is 6.07 Å². The molecule has 4 nitrogen and oxygen atoms in total. The van der Waals surface area contributed by atoms with Crippen molar-refractivity contribution in [2.24, 2.45) is 0 Å². The third-order valence-electron chi connectivity index (χ3n) is 1.64. The Labute approximate surface area is 105 Å². The van der Waals surface area contributed by atoms with Crippen LogP contribution >= 0.6 is 27.3 Å². The topological polar surface area (TPSA) is 51.6 Å². The van der Waals surface area contributed by atoms with Gasteiger partial charge in [0.15, 0.2) is 5.65 Å². The van der Waals surface area contributed by atoms with Crippen LogP contribution in [0, 0.1) is 0 Å². The van der Waals surface area contributed by atoms with E-state index in [1.165, 1.54) is 10.1 Å². The molecule has 80 valence electrons. The normalized spacial score (nSPS) is 9.56. The van der Waals surface area contributed by atoms with Crippen LogP contribution in [0.25, 0.3) is 11.2 Å². The summed E-state index contributed by atoms with van der Waals surface area (Å²) >= 11 is 4.99. The number of fused-ring (bicyclic) bond motifs is 1. The lowest BCUT2D eigenvalue weighted by Crippen LogP contribution is -1.85. The van der Waals surface area contributed by atoms with Crippen LogP contribution in [0.15, 0.2) is 46.2 Å². The van der Waals surface area contributed by atoms with Gasteiger partial charge < -0.3 is 0 Å². The summed E-state index contributed by atoms with van der Waals surface area (Å²) in [5.74, 6) is 0. The van der Waals surface area contributed by atoms with Crippen molar-refractivity contribution < 1.29 is 0 Å². The highest BCUT2D eigenvalue weighted by Gasteiger charge is 1.90. The van der Waals surface area contributed by atoms with Crippen molar-refractivity contribution in [3.63, 3.8) is 0 Å². The molecule has 0 spiro atoms. The fourth-order valence-corrected chi connectivity index (χ4v) is 1.90. The molecule has 3 aromatic heterocycles. The molecule has 16 heavy (non-hydrogen) atoms. The first-order valence-electron chi connectivity index (χ1n) is 4.42. The van der Waals surface area contributed by atoms with Gasteiger partial charge in [-0.05, 0) is 27.4 Å². The SMILES string of the molecule is Brc1cccs1.c1cnc2ncncc2n1. The molecule has 0 unspecified atom stereocenters. The maximum Gasteiger partial charge on any atom is 0.181 e. The van der Waals surface area contributed by atoms with Crippen LogP contribution < -0.4 is 0 Å². The minimum Gasteiger partial charge on any atom is -0.250 e. The van der Waals surface area contributed by atoms with Crippen LogP contribution in [0.5, 0.6) is 0 Å². The van der Waals surface area contributed by atoms with Gasteiger partial charge in [-0.15, -0.1) is 11.3 Å². The molecular formula is C10H7BrN4S. The van der Waals surface area contributed by atoms with Gasteiger partial charge in [-0.25, -0.2) is 19.9 Å². The molecule has 0 N–H and O–H groups in total. The second-order valence-electron chi connectivity index (χ2n) is 2.71. The molecule has 3 aromatic rings. The Morgan fingerprint density at radius 1 is 1.12 bits per heavy atom. The molecule has 0 atom stereocenters. The Morgan fingerprint density at radius 2 is 2.00 bits per heavy atom. The van der Waals surface area contributed by atoms with Crippen LogP contribution in [-0.2, 0) is 0 Å². The highest BCUT2D eigenvalue weighted by Crippen LogP contribution is 2.14. The van der Waals surface area contributed by atoms with Crippen molar-refractivity contribution in [3.8, 4) is 0 Å². The highest BCUT2D eigenvalue weighted by molar-refractivity contribution is 9.11. The zero-order valence-electron chi connectivity index (χ0n) is 8.12. The van der Waals surface area contributed by atoms with Crippen LogP contribution in [0.2, 0.25) is 0 Å². The Hall–Kier alpha value is -1.40. The van der Waals surface area contributed by atoms with E-state index in [1.807, 2.05) is 17.5 Å². The van der Waals surface area contributed by atoms with E-state index in [1.54, 1.807) is 29.9 Å². The van der Waals surface area contributed by atoms with Gasteiger partial charge in [0.25, 0.3) is 0 Å². The first-order valence-corrected chi connectivity index (χ1v) is 6.09. The average Bonchev–Trinajstić information content (AvgIpc) is 2.81. The van der Waals surface area contributed by atoms with Crippen molar-refractivity contribution in [1.29, 1.82) is 0 Å². The molecule has 0 saturated heterocycles. The van der Waals surface area contributed by atoms with Gasteiger partial charge >= 0.3 is 0 Å². The molecule has 0 saturated carbocycles. The van der Waals surface area contributed by atoms with E-state index in [0.717, 1.165) is 5.52 Å². The average molecular weight is 295 g/mol. The predicted molar refractivity (Wildman–Crippen MR) is 67.1 cm³/mol. The lowest BCUT2D eigenvalue weighted by Gasteiger charge is -1.89. The molecule has 0 bridgehead atoms. The molecule has 0 fully saturated rings. The second-order valence-corrected chi connectivity index (χ2v) is 5.03. The number of halogens is 1. The van der Waals surface area contributed by atoms with E-state index < -0.39 is 0 Å². The zero-order valence-corrected chi connectivity index (χ0v) is 10.5. The second kappa shape index (κ2) is 5.62. The monoisotopic (exact) mass is 294 g/mol. The third-order valence-corrected chi connectivity index (χ3v) is 3.12. The van der Waals surface area contributed by atoms with Gasteiger partial charge in [0.1, 0.15) is 11.8 Å². The number of nitrogens with zero attached hydrogens (tertiary/aromatic N) is 4. The van der Waals surface area contributed by atoms with Gasteiger partial charge in [-0.3, -0.25) is 0 Å². The van der Waals surface area contributed by atoms with E-state index in [2.05, 4.69) is 35.9 Å². The molecule has 0 amide bonds.